The van der Waals surface area contributed by atoms with Gasteiger partial charge in [0.1, 0.15) is 0 Å². The monoisotopic (exact) mass is 566 g/mol. The molecule has 17 heavy (non-hydrogen) atoms. The van der Waals surface area contributed by atoms with Crippen LogP contribution in [0.15, 0.2) is 0 Å². The van der Waals surface area contributed by atoms with E-state index in [-0.39, 0.29) is 26.2 Å². The molecular formula is C6H11BiO9Te. The summed E-state index contributed by atoms with van der Waals surface area (Å²) < 4.78 is 23.8. The molecule has 0 aliphatic heterocycles. The summed E-state index contributed by atoms with van der Waals surface area (Å²) in [6.45, 7) is 0. The molecule has 0 aromatic rings. The molecule has 11 heteroatoms. The third kappa shape index (κ3) is 7.55. The first-order valence-electron chi connectivity index (χ1n) is 3.70. The van der Waals surface area contributed by atoms with E-state index in [1.54, 1.807) is 0 Å². The first-order valence-corrected chi connectivity index (χ1v) is 6.83. The Morgan fingerprint density at radius 3 is 1.88 bits per heavy atom. The van der Waals surface area contributed by atoms with Gasteiger partial charge in [-0.2, -0.15) is 0 Å². The third-order valence-electron chi connectivity index (χ3n) is 1.45. The molecule has 0 aromatic carbocycles. The number of carboxylic acids is 2. The van der Waals surface area contributed by atoms with Gasteiger partial charge in [0.25, 0.3) is 0 Å². The fourth-order valence-corrected chi connectivity index (χ4v) is 1.48. The number of rotatable bonds is 6. The van der Waals surface area contributed by atoms with Gasteiger partial charge in [-0.3, -0.25) is 0 Å². The summed E-state index contributed by atoms with van der Waals surface area (Å²) in [6.07, 6.45) is -2.49. The molecule has 0 aliphatic carbocycles. The number of hydrogen-bond acceptors (Lipinski definition) is 7. The summed E-state index contributed by atoms with van der Waals surface area (Å²) in [4.78, 5) is 31.5. The van der Waals surface area contributed by atoms with E-state index in [0.29, 0.717) is 0 Å². The van der Waals surface area contributed by atoms with Crippen LogP contribution in [0.3, 0.4) is 0 Å². The predicted octanol–water partition coefficient (Wildman–Crippen LogP) is -3.40. The van der Waals surface area contributed by atoms with Crippen molar-refractivity contribution in [1.82, 2.24) is 0 Å². The SMILES string of the molecule is O=C(O)CC(O)(CC(=O)O[TeH](=O)=O)C(=O)O.[BiH3]. The van der Waals surface area contributed by atoms with Crippen LogP contribution in [-0.2, 0) is 23.7 Å². The number of aliphatic hydroxyl groups is 1. The van der Waals surface area contributed by atoms with Crippen molar-refractivity contribution in [2.24, 2.45) is 0 Å². The van der Waals surface area contributed by atoms with Crippen molar-refractivity contribution in [3.05, 3.63) is 0 Å². The second-order valence-corrected chi connectivity index (χ2v) is 4.57. The molecule has 0 fully saturated rings. The maximum absolute atomic E-state index is 10.8. The first-order chi connectivity index (χ1) is 7.17. The second-order valence-electron chi connectivity index (χ2n) is 2.77. The van der Waals surface area contributed by atoms with Crippen molar-refractivity contribution in [3.8, 4) is 0 Å². The van der Waals surface area contributed by atoms with Crippen LogP contribution in [0.1, 0.15) is 12.8 Å². The van der Waals surface area contributed by atoms with E-state index in [1.165, 1.54) is 0 Å². The number of carbonyl (C=O) groups excluding carboxylic acids is 1. The van der Waals surface area contributed by atoms with Gasteiger partial charge in [0.15, 0.2) is 0 Å². The van der Waals surface area contributed by atoms with E-state index >= 15 is 0 Å². The molecule has 0 rings (SSSR count). The molecule has 1 unspecified atom stereocenters. The summed E-state index contributed by atoms with van der Waals surface area (Å²) in [6, 6.07) is 0. The molecule has 0 saturated carbocycles. The van der Waals surface area contributed by atoms with Gasteiger partial charge >= 0.3 is 121 Å². The van der Waals surface area contributed by atoms with E-state index in [2.05, 4.69) is 3.10 Å². The van der Waals surface area contributed by atoms with Gasteiger partial charge in [-0.15, -0.1) is 0 Å². The fraction of sp³-hybridized carbons (Fsp3) is 0.500. The van der Waals surface area contributed by atoms with Crippen LogP contribution in [0.2, 0.25) is 0 Å². The normalized spacial score (nSPS) is 13.3. The molecule has 0 heterocycles. The van der Waals surface area contributed by atoms with Crippen molar-refractivity contribution in [2.75, 3.05) is 0 Å². The zero-order valence-electron chi connectivity index (χ0n) is 8.36. The van der Waals surface area contributed by atoms with Gasteiger partial charge in [-0.25, -0.2) is 0 Å². The van der Waals surface area contributed by atoms with Crippen LogP contribution < -0.4 is 0 Å². The van der Waals surface area contributed by atoms with Gasteiger partial charge < -0.3 is 0 Å². The number of aliphatic carboxylic acids is 2. The van der Waals surface area contributed by atoms with E-state index < -0.39 is 56.3 Å². The standard InChI is InChI=1S/C6H8O9Te.Bi.3H/c7-3(8)1-6(12,5(10)11)2-4(9)15-16(13)14;;;;/h12,16H,1-2H2,(H,7,8)(H,10,11);;;;. The Morgan fingerprint density at radius 1 is 1.12 bits per heavy atom. The van der Waals surface area contributed by atoms with Crippen molar-refractivity contribution in [2.45, 2.75) is 18.4 Å². The molecule has 1 atom stereocenters. The molecule has 100 valence electrons. The predicted molar refractivity (Wildman–Crippen MR) is 54.0 cm³/mol. The van der Waals surface area contributed by atoms with Crippen LogP contribution >= 0.6 is 0 Å². The number of carboxylic acid groups (broad SMARTS) is 2. The van der Waals surface area contributed by atoms with Gasteiger partial charge in [0.2, 0.25) is 0 Å². The summed E-state index contributed by atoms with van der Waals surface area (Å²) >= 11 is -4.58. The Morgan fingerprint density at radius 2 is 1.59 bits per heavy atom. The summed E-state index contributed by atoms with van der Waals surface area (Å²) in [5, 5.41) is 26.1. The van der Waals surface area contributed by atoms with E-state index in [1.807, 2.05) is 0 Å². The Hall–Kier alpha value is -0.357. The molecule has 9 nitrogen and oxygen atoms in total. The zero-order chi connectivity index (χ0) is 12.9. The van der Waals surface area contributed by atoms with Crippen molar-refractivity contribution >= 4 is 64.0 Å². The first kappa shape index (κ1) is 19.0. The van der Waals surface area contributed by atoms with E-state index in [4.69, 9.17) is 10.2 Å². The minimum absolute atomic E-state index is 0. The van der Waals surface area contributed by atoms with Crippen molar-refractivity contribution < 1.29 is 39.0 Å². The maximum atomic E-state index is 10.8. The summed E-state index contributed by atoms with van der Waals surface area (Å²) in [5.74, 6) is -5.11. The van der Waals surface area contributed by atoms with Crippen molar-refractivity contribution in [3.63, 3.8) is 0 Å². The summed E-state index contributed by atoms with van der Waals surface area (Å²) in [7, 11) is 0. The van der Waals surface area contributed by atoms with Gasteiger partial charge in [-0.1, -0.05) is 0 Å². The Bertz CT molecular complexity index is 381. The van der Waals surface area contributed by atoms with Crippen LogP contribution in [0.5, 0.6) is 0 Å². The van der Waals surface area contributed by atoms with Crippen LogP contribution in [0.25, 0.3) is 0 Å². The third-order valence-corrected chi connectivity index (χ3v) is 2.46. The van der Waals surface area contributed by atoms with Gasteiger partial charge in [0, 0.05) is 0 Å². The van der Waals surface area contributed by atoms with Crippen molar-refractivity contribution in [1.29, 1.82) is 0 Å². The van der Waals surface area contributed by atoms with E-state index in [9.17, 15) is 25.7 Å². The minimum atomic E-state index is -4.58. The second kappa shape index (κ2) is 7.87. The topological polar surface area (TPSA) is 155 Å². The quantitative estimate of drug-likeness (QED) is 0.281. The Kier molecular flexibility index (Phi) is 8.79. The zero-order valence-corrected chi connectivity index (χ0v) is 16.4. The molecule has 0 amide bonds. The molecule has 0 saturated heterocycles. The Labute approximate surface area is 121 Å². The molecule has 0 aliphatic rings. The van der Waals surface area contributed by atoms with Gasteiger partial charge in [0.05, 0.1) is 0 Å². The molecular weight excluding hydrogens is 553 g/mol. The molecule has 0 bridgehead atoms. The van der Waals surface area contributed by atoms with Gasteiger partial charge in [-0.05, 0) is 0 Å². The summed E-state index contributed by atoms with van der Waals surface area (Å²) in [5.41, 5.74) is -2.88. The fourth-order valence-electron chi connectivity index (χ4n) is 0.818. The average molecular weight is 564 g/mol. The Balaban J connectivity index is 0. The van der Waals surface area contributed by atoms with Crippen LogP contribution in [-0.4, -0.2) is 85.0 Å². The average Bonchev–Trinajstić information content (AvgIpc) is 1.98. The van der Waals surface area contributed by atoms with Crippen LogP contribution in [0, 0.1) is 0 Å². The van der Waals surface area contributed by atoms with Crippen LogP contribution in [0.4, 0.5) is 0 Å². The molecule has 0 radical (unpaired) electrons. The molecule has 0 spiro atoms. The molecule has 3 N–H and O–H groups in total. The number of carbonyl (C=O) groups is 3. The molecule has 0 aromatic heterocycles. The van der Waals surface area contributed by atoms with E-state index in [0.717, 1.165) is 0 Å². The number of hydrogen-bond donors (Lipinski definition) is 3.